The van der Waals surface area contributed by atoms with Crippen LogP contribution in [-0.4, -0.2) is 34.8 Å². The van der Waals surface area contributed by atoms with Crippen molar-refractivity contribution in [1.29, 1.82) is 0 Å². The summed E-state index contributed by atoms with van der Waals surface area (Å²) >= 11 is 7.26. The Labute approximate surface area is 175 Å². The summed E-state index contributed by atoms with van der Waals surface area (Å²) in [6.07, 6.45) is -4.34. The van der Waals surface area contributed by atoms with Crippen LogP contribution in [0.15, 0.2) is 42.5 Å². The zero-order valence-corrected chi connectivity index (χ0v) is 16.8. The maximum atomic E-state index is 13.5. The van der Waals surface area contributed by atoms with Crippen LogP contribution in [0.25, 0.3) is 11.1 Å². The molecule has 0 spiro atoms. The Morgan fingerprint density at radius 2 is 1.72 bits per heavy atom. The minimum Gasteiger partial charge on any atom is -0.480 e. The van der Waals surface area contributed by atoms with Crippen LogP contribution in [0.5, 0.6) is 0 Å². The highest BCUT2D eigenvalue weighted by molar-refractivity contribution is 7.99. The van der Waals surface area contributed by atoms with E-state index in [-0.39, 0.29) is 29.2 Å². The second kappa shape index (κ2) is 10.3. The molecular formula is C20H20ClF4NO2S. The van der Waals surface area contributed by atoms with Crippen molar-refractivity contribution in [3.63, 3.8) is 0 Å². The van der Waals surface area contributed by atoms with Crippen LogP contribution in [0.1, 0.15) is 24.3 Å². The van der Waals surface area contributed by atoms with Crippen molar-refractivity contribution < 1.29 is 27.5 Å². The molecular weight excluding hydrogens is 430 g/mol. The van der Waals surface area contributed by atoms with Gasteiger partial charge in [-0.2, -0.15) is 24.9 Å². The van der Waals surface area contributed by atoms with E-state index >= 15 is 0 Å². The lowest BCUT2D eigenvalue weighted by Crippen LogP contribution is -2.30. The third kappa shape index (κ3) is 6.90. The summed E-state index contributed by atoms with van der Waals surface area (Å²) in [6.45, 7) is 0. The third-order valence-corrected chi connectivity index (χ3v) is 5.75. The average molecular weight is 450 g/mol. The molecule has 158 valence electrons. The van der Waals surface area contributed by atoms with Crippen LogP contribution < -0.4 is 5.73 Å². The van der Waals surface area contributed by atoms with Gasteiger partial charge in [-0.15, -0.1) is 0 Å². The van der Waals surface area contributed by atoms with E-state index < -0.39 is 29.9 Å². The molecule has 0 saturated heterocycles. The molecule has 0 amide bonds. The Balaban J connectivity index is 2.04. The summed E-state index contributed by atoms with van der Waals surface area (Å²) in [5, 5.41) is 8.89. The lowest BCUT2D eigenvalue weighted by molar-refractivity contribution is -0.150. The van der Waals surface area contributed by atoms with Crippen molar-refractivity contribution in [3.8, 4) is 11.1 Å². The van der Waals surface area contributed by atoms with Crippen LogP contribution in [0, 0.1) is 5.82 Å². The molecule has 29 heavy (non-hydrogen) atoms. The average Bonchev–Trinajstić information content (AvgIpc) is 2.63. The monoisotopic (exact) mass is 449 g/mol. The first-order chi connectivity index (χ1) is 13.6. The molecule has 0 radical (unpaired) electrons. The molecule has 9 heteroatoms. The van der Waals surface area contributed by atoms with Gasteiger partial charge in [-0.05, 0) is 53.7 Å². The number of rotatable bonds is 9. The Morgan fingerprint density at radius 3 is 2.28 bits per heavy atom. The Kier molecular flexibility index (Phi) is 8.36. The van der Waals surface area contributed by atoms with Crippen molar-refractivity contribution in [2.24, 2.45) is 5.73 Å². The maximum Gasteiger partial charge on any atom is 0.395 e. The fourth-order valence-electron chi connectivity index (χ4n) is 2.77. The van der Waals surface area contributed by atoms with Gasteiger partial charge in [0.1, 0.15) is 11.9 Å². The van der Waals surface area contributed by atoms with Crippen LogP contribution in [-0.2, 0) is 4.79 Å². The largest absolute Gasteiger partial charge is 0.480 e. The molecule has 0 aliphatic heterocycles. The molecule has 2 aromatic carbocycles. The quantitative estimate of drug-likeness (QED) is 0.380. The van der Waals surface area contributed by atoms with E-state index in [1.165, 1.54) is 48.2 Å². The SMILES string of the molecule is NC(CCSCCC(c1ccc(-c2ccc(F)cc2Cl)cc1)C(F)(F)F)C(=O)O. The van der Waals surface area contributed by atoms with Gasteiger partial charge in [0, 0.05) is 5.56 Å². The van der Waals surface area contributed by atoms with Crippen LogP contribution >= 0.6 is 23.4 Å². The van der Waals surface area contributed by atoms with Gasteiger partial charge >= 0.3 is 12.1 Å². The predicted molar refractivity (Wildman–Crippen MR) is 108 cm³/mol. The lowest BCUT2D eigenvalue weighted by Gasteiger charge is -2.21. The smallest absolute Gasteiger partial charge is 0.395 e. The van der Waals surface area contributed by atoms with Gasteiger partial charge in [-0.3, -0.25) is 4.79 Å². The molecule has 2 unspecified atom stereocenters. The molecule has 0 aliphatic carbocycles. The number of hydrogen-bond donors (Lipinski definition) is 2. The van der Waals surface area contributed by atoms with Gasteiger partial charge < -0.3 is 10.8 Å². The Bertz CT molecular complexity index is 830. The first kappa shape index (κ1) is 23.5. The highest BCUT2D eigenvalue weighted by atomic mass is 35.5. The molecule has 0 saturated carbocycles. The summed E-state index contributed by atoms with van der Waals surface area (Å²) in [5.74, 6) is -2.66. The number of carboxylic acids is 1. The van der Waals surface area contributed by atoms with Crippen LogP contribution in [0.4, 0.5) is 17.6 Å². The Hall–Kier alpha value is -1.77. The van der Waals surface area contributed by atoms with Crippen LogP contribution in [0.2, 0.25) is 5.02 Å². The van der Waals surface area contributed by atoms with Gasteiger partial charge in [0.2, 0.25) is 0 Å². The number of nitrogens with two attached hydrogens (primary N) is 1. The van der Waals surface area contributed by atoms with E-state index in [9.17, 15) is 22.4 Å². The van der Waals surface area contributed by atoms with Crippen molar-refractivity contribution in [1.82, 2.24) is 0 Å². The summed E-state index contributed by atoms with van der Waals surface area (Å²) in [5.41, 5.74) is 6.63. The topological polar surface area (TPSA) is 63.3 Å². The molecule has 2 rings (SSSR count). The van der Waals surface area contributed by atoms with Gasteiger partial charge in [0.15, 0.2) is 0 Å². The number of hydrogen-bond acceptors (Lipinski definition) is 3. The van der Waals surface area contributed by atoms with E-state index in [1.54, 1.807) is 0 Å². The Morgan fingerprint density at radius 1 is 1.10 bits per heavy atom. The minimum absolute atomic E-state index is 0.127. The molecule has 0 heterocycles. The number of aliphatic carboxylic acids is 1. The number of carboxylic acid groups (broad SMARTS) is 1. The molecule has 0 bridgehead atoms. The number of benzene rings is 2. The molecule has 0 aliphatic rings. The van der Waals surface area contributed by atoms with Gasteiger partial charge in [-0.25, -0.2) is 4.39 Å². The zero-order chi connectivity index (χ0) is 21.6. The van der Waals surface area contributed by atoms with Gasteiger partial charge in [0.05, 0.1) is 10.9 Å². The second-order valence-electron chi connectivity index (χ2n) is 6.47. The van der Waals surface area contributed by atoms with Crippen molar-refractivity contribution >= 4 is 29.3 Å². The van der Waals surface area contributed by atoms with E-state index in [2.05, 4.69) is 0 Å². The molecule has 3 N–H and O–H groups in total. The van der Waals surface area contributed by atoms with Crippen molar-refractivity contribution in [3.05, 3.63) is 58.9 Å². The minimum atomic E-state index is -4.41. The molecule has 2 atom stereocenters. The predicted octanol–water partition coefficient (Wildman–Crippen LogP) is 5.72. The maximum absolute atomic E-state index is 13.5. The normalized spacial score (nSPS) is 13.9. The standard InChI is InChI=1S/C20H20ClF4NO2S/c21-17-11-14(22)5-6-15(17)12-1-3-13(4-2-12)16(20(23,24)25)7-9-29-10-8-18(26)19(27)28/h1-6,11,16,18H,7-10,26H2,(H,27,28). The summed E-state index contributed by atoms with van der Waals surface area (Å²) in [7, 11) is 0. The fraction of sp³-hybridized carbons (Fsp3) is 0.350. The summed E-state index contributed by atoms with van der Waals surface area (Å²) in [4.78, 5) is 10.6. The van der Waals surface area contributed by atoms with Crippen LogP contribution in [0.3, 0.4) is 0 Å². The lowest BCUT2D eigenvalue weighted by atomic mass is 9.93. The number of carbonyl (C=O) groups is 1. The van der Waals surface area contributed by atoms with E-state index in [4.69, 9.17) is 22.4 Å². The van der Waals surface area contributed by atoms with E-state index in [1.807, 2.05) is 0 Å². The number of thioether (sulfide) groups is 1. The fourth-order valence-corrected chi connectivity index (χ4v) is 4.08. The highest BCUT2D eigenvalue weighted by Crippen LogP contribution is 2.39. The van der Waals surface area contributed by atoms with Gasteiger partial charge in [-0.1, -0.05) is 35.9 Å². The van der Waals surface area contributed by atoms with E-state index in [0.717, 1.165) is 6.07 Å². The first-order valence-electron chi connectivity index (χ1n) is 8.78. The van der Waals surface area contributed by atoms with Gasteiger partial charge in [0.25, 0.3) is 0 Å². The molecule has 0 aromatic heterocycles. The molecule has 2 aromatic rings. The summed E-state index contributed by atoms with van der Waals surface area (Å²) in [6, 6.07) is 8.73. The first-order valence-corrected chi connectivity index (χ1v) is 10.3. The second-order valence-corrected chi connectivity index (χ2v) is 8.11. The third-order valence-electron chi connectivity index (χ3n) is 4.39. The highest BCUT2D eigenvalue weighted by Gasteiger charge is 2.40. The summed E-state index contributed by atoms with van der Waals surface area (Å²) < 4.78 is 53.7. The van der Waals surface area contributed by atoms with Crippen molar-refractivity contribution in [2.75, 3.05) is 11.5 Å². The van der Waals surface area contributed by atoms with E-state index in [0.29, 0.717) is 16.9 Å². The molecule has 0 fully saturated rings. The van der Waals surface area contributed by atoms with Crippen molar-refractivity contribution in [2.45, 2.75) is 31.0 Å². The zero-order valence-electron chi connectivity index (χ0n) is 15.3. The molecule has 3 nitrogen and oxygen atoms in total. The number of halogens is 5. The number of alkyl halides is 3.